The molecule has 0 nitrogen and oxygen atoms in total. The lowest BCUT2D eigenvalue weighted by Crippen LogP contribution is -1.83. The van der Waals surface area contributed by atoms with E-state index < -0.39 is 102 Å². The lowest BCUT2D eigenvalue weighted by molar-refractivity contribution is 0.538. The maximum absolute atomic E-state index is 8.16. The Kier molecular flexibility index (Phi) is 1.81. The van der Waals surface area contributed by atoms with E-state index in [9.17, 15) is 0 Å². The molecule has 0 aromatic heterocycles. The second-order valence-corrected chi connectivity index (χ2v) is 2.03. The van der Waals surface area contributed by atoms with Crippen molar-refractivity contribution in [3.05, 3.63) is 0 Å². The fraction of sp³-hybridized carbons (Fsp3) is 1.00. The highest BCUT2D eigenvalue weighted by molar-refractivity contribution is 6.17. The highest BCUT2D eigenvalue weighted by Crippen LogP contribution is 2.12. The Morgan fingerprint density at radius 3 is 1.35 bits per heavy atom. The number of rotatable bonds is 14. The molecule has 0 N–H and O–H groups in total. The van der Waals surface area contributed by atoms with Crippen molar-refractivity contribution in [2.75, 3.05) is 5.83 Å². The summed E-state index contributed by atoms with van der Waals surface area (Å²) in [6.45, 7) is -4.11. The van der Waals surface area contributed by atoms with Crippen LogP contribution in [0, 0.1) is 0 Å². The molecule has 0 atom stereocenters. The standard InChI is InChI=1S/C16H33Cl/c1-2-3-4-5-6-7-8-9-10-11-12-13-14-15-16-17/h2-16H2,1H3/i1D3,2D2,3D2,4D2,5D2,6D2,7D2,8D2,9D2,10D2,11D2,12D2,13D2,14D2,15D2,16D2. The molecule has 1 heteroatoms. The van der Waals surface area contributed by atoms with Gasteiger partial charge in [0.15, 0.2) is 0 Å². The Hall–Kier alpha value is 0.290. The summed E-state index contributed by atoms with van der Waals surface area (Å²) in [5.74, 6) is -3.89. The van der Waals surface area contributed by atoms with Crippen molar-refractivity contribution in [1.29, 1.82) is 0 Å². The van der Waals surface area contributed by atoms with E-state index in [-0.39, 0.29) is 0 Å². The van der Waals surface area contributed by atoms with Crippen LogP contribution in [0.1, 0.15) is 141 Å². The first-order chi connectivity index (χ1) is 20.8. The first-order valence-electron chi connectivity index (χ1n) is 20.4. The third kappa shape index (κ3) is 16.3. The highest BCUT2D eigenvalue weighted by Gasteiger charge is 1.93. The van der Waals surface area contributed by atoms with Gasteiger partial charge in [-0.15, -0.1) is 11.6 Å². The molecule has 0 bridgehead atoms. The SMILES string of the molecule is [2H]C([2H])([2H])C([2H])([2H])C([2H])([2H])C([2H])([2H])C([2H])([2H])C([2H])([2H])C([2H])([2H])C([2H])([2H])C([2H])([2H])C([2H])([2H])C([2H])([2H])C([2H])([2H])C([2H])([2H])C([2H])([2H])C([2H])([2H])C([2H])([2H])Cl. The highest BCUT2D eigenvalue weighted by atomic mass is 35.5. The normalized spacial score (nSPS) is 53.1. The van der Waals surface area contributed by atoms with Gasteiger partial charge < -0.3 is 0 Å². The van der Waals surface area contributed by atoms with E-state index in [1.165, 1.54) is 0 Å². The minimum Gasteiger partial charge on any atom is -0.127 e. The number of hydrogen-bond acceptors (Lipinski definition) is 0. The van der Waals surface area contributed by atoms with Crippen LogP contribution in [0.15, 0.2) is 0 Å². The van der Waals surface area contributed by atoms with E-state index in [4.69, 9.17) is 56.8 Å². The predicted octanol–water partition coefficient (Wildman–Crippen LogP) is 6.71. The lowest BCUT2D eigenvalue weighted by Gasteiger charge is -2.02. The molecule has 17 heavy (non-hydrogen) atoms. The van der Waals surface area contributed by atoms with Crippen molar-refractivity contribution in [3.8, 4) is 0 Å². The van der Waals surface area contributed by atoms with Crippen molar-refractivity contribution >= 4 is 11.6 Å². The molecule has 104 valence electrons. The molecule has 0 aliphatic rings. The Morgan fingerprint density at radius 2 is 1.00 bits per heavy atom. The van der Waals surface area contributed by atoms with Crippen LogP contribution in [-0.2, 0) is 0 Å². The van der Waals surface area contributed by atoms with Gasteiger partial charge in [0.05, 0.1) is 0 Å². The zero-order valence-electron chi connectivity index (χ0n) is 41.4. The zero-order valence-corrected chi connectivity index (χ0v) is 9.13. The van der Waals surface area contributed by atoms with E-state index in [2.05, 4.69) is 0 Å². The molecule has 0 aliphatic carbocycles. The van der Waals surface area contributed by atoms with Gasteiger partial charge in [-0.25, -0.2) is 0 Å². The molecule has 0 heterocycles. The summed E-state index contributed by atoms with van der Waals surface area (Å²) in [7, 11) is 0. The van der Waals surface area contributed by atoms with Gasteiger partial charge in [-0.1, -0.05) is 89.7 Å². The van der Waals surface area contributed by atoms with Crippen LogP contribution in [0.25, 0.3) is 0 Å². The minimum atomic E-state index is -5.12. The van der Waals surface area contributed by atoms with E-state index in [0.717, 1.165) is 0 Å². The maximum atomic E-state index is 8.16. The summed E-state index contributed by atoms with van der Waals surface area (Å²) >= 11 is 5.18. The topological polar surface area (TPSA) is 0 Å². The van der Waals surface area contributed by atoms with E-state index in [1.807, 2.05) is 0 Å². The van der Waals surface area contributed by atoms with E-state index >= 15 is 0 Å². The smallest absolute Gasteiger partial charge is 0.0435 e. The number of hydrogen-bond donors (Lipinski definition) is 0. The van der Waals surface area contributed by atoms with Crippen LogP contribution in [0.3, 0.4) is 0 Å². The van der Waals surface area contributed by atoms with Crippen molar-refractivity contribution in [3.63, 3.8) is 0 Å². The van der Waals surface area contributed by atoms with Gasteiger partial charge in [-0.2, -0.15) is 0 Å². The molecule has 0 unspecified atom stereocenters. The van der Waals surface area contributed by atoms with E-state index in [1.54, 1.807) is 0 Å². The average molecular weight is 294 g/mol. The largest absolute Gasteiger partial charge is 0.127 e. The predicted molar refractivity (Wildman–Crippen MR) is 81.0 cm³/mol. The van der Waals surface area contributed by atoms with Crippen LogP contribution < -0.4 is 0 Å². The third-order valence-electron chi connectivity index (χ3n) is 0.860. The Bertz CT molecular complexity index is 1150. The lowest BCUT2D eigenvalue weighted by atomic mass is 10.0. The van der Waals surface area contributed by atoms with Gasteiger partial charge in [0.1, 0.15) is 0 Å². The molecular formula is C16H33Cl. The van der Waals surface area contributed by atoms with Gasteiger partial charge in [-0.05, 0) is 6.37 Å². The average Bonchev–Trinajstić information content (AvgIpc) is 2.85. The van der Waals surface area contributed by atoms with Crippen molar-refractivity contribution in [2.24, 2.45) is 0 Å². The molecule has 0 saturated carbocycles. The molecule has 0 aromatic rings. The monoisotopic (exact) mass is 293 g/mol. The molecule has 0 radical (unpaired) electrons. The Balaban J connectivity index is 7.70. The Labute approximate surface area is 161 Å². The molecule has 0 saturated heterocycles. The second kappa shape index (κ2) is 16.3. The van der Waals surface area contributed by atoms with Gasteiger partial charge >= 0.3 is 0 Å². The quantitative estimate of drug-likeness (QED) is 0.312. The van der Waals surface area contributed by atoms with Crippen molar-refractivity contribution < 1.29 is 45.2 Å². The molecule has 0 aliphatic heterocycles. The summed E-state index contributed by atoms with van der Waals surface area (Å²) in [5.41, 5.74) is 0. The summed E-state index contributed by atoms with van der Waals surface area (Å²) in [5, 5.41) is 0. The van der Waals surface area contributed by atoms with Crippen LogP contribution in [0.4, 0.5) is 0 Å². The Morgan fingerprint density at radius 1 is 0.647 bits per heavy atom. The fourth-order valence-electron chi connectivity index (χ4n) is 0.399. The zero-order chi connectivity index (χ0) is 42.0. The van der Waals surface area contributed by atoms with Crippen LogP contribution >= 0.6 is 11.6 Å². The maximum Gasteiger partial charge on any atom is 0.0435 e. The molecule has 0 rings (SSSR count). The minimum absolute atomic E-state index is 3.89. The molecule has 0 amide bonds. The molecule has 0 spiro atoms. The fourth-order valence-corrected chi connectivity index (χ4v) is 0.446. The molecule has 0 aromatic carbocycles. The van der Waals surface area contributed by atoms with Crippen LogP contribution in [0.5, 0.6) is 0 Å². The first kappa shape index (κ1) is 1.89. The molecular weight excluding hydrogens is 228 g/mol. The van der Waals surface area contributed by atoms with Gasteiger partial charge in [-0.3, -0.25) is 0 Å². The number of halogens is 1. The second-order valence-electron chi connectivity index (χ2n) is 1.84. The summed E-state index contributed by atoms with van der Waals surface area (Å²) in [6, 6.07) is 0. The van der Waals surface area contributed by atoms with Crippen LogP contribution in [0.2, 0.25) is 0 Å². The van der Waals surface area contributed by atoms with Crippen LogP contribution in [-0.4, -0.2) is 5.83 Å². The number of alkyl halides is 1. The van der Waals surface area contributed by atoms with E-state index in [0.29, 0.717) is 0 Å². The third-order valence-corrected chi connectivity index (χ3v) is 0.954. The summed E-state index contributed by atoms with van der Waals surface area (Å²) < 4.78 is 260. The van der Waals surface area contributed by atoms with Crippen molar-refractivity contribution in [1.82, 2.24) is 0 Å². The van der Waals surface area contributed by atoms with Crippen molar-refractivity contribution in [2.45, 2.75) is 96.1 Å². The summed E-state index contributed by atoms with van der Waals surface area (Å²) in [6.07, 6.45) is -68.0. The summed E-state index contributed by atoms with van der Waals surface area (Å²) in [4.78, 5) is 0. The first-order valence-corrected chi connectivity index (χ1v) is 4.32. The van der Waals surface area contributed by atoms with Gasteiger partial charge in [0, 0.05) is 51.1 Å². The molecule has 0 fully saturated rings. The van der Waals surface area contributed by atoms with Gasteiger partial charge in [0.2, 0.25) is 0 Å². The van der Waals surface area contributed by atoms with Gasteiger partial charge in [0.25, 0.3) is 0 Å².